The fourth-order valence-electron chi connectivity index (χ4n) is 6.35. The van der Waals surface area contributed by atoms with Crippen LogP contribution in [0.2, 0.25) is 0 Å². The summed E-state index contributed by atoms with van der Waals surface area (Å²) < 4.78 is 11.2. The van der Waals surface area contributed by atoms with Crippen molar-refractivity contribution in [2.45, 2.75) is 232 Å². The van der Waals surface area contributed by atoms with Crippen molar-refractivity contribution in [3.63, 3.8) is 0 Å². The number of aliphatic hydroxyl groups excluding tert-OH is 1. The summed E-state index contributed by atoms with van der Waals surface area (Å²) in [5.74, 6) is -0.205. The molecule has 4 nitrogen and oxygen atoms in total. The van der Waals surface area contributed by atoms with Crippen molar-refractivity contribution in [2.75, 3.05) is 19.8 Å². The first-order valence-electron chi connectivity index (χ1n) is 22.1. The fourth-order valence-corrected chi connectivity index (χ4v) is 6.35. The molecule has 0 rings (SSSR count). The molecule has 294 valence electrons. The van der Waals surface area contributed by atoms with Crippen LogP contribution in [-0.2, 0) is 14.3 Å². The lowest BCUT2D eigenvalue weighted by molar-refractivity contribution is -0.154. The molecule has 1 unspecified atom stereocenters. The van der Waals surface area contributed by atoms with Gasteiger partial charge in [-0.15, -0.1) is 0 Å². The predicted octanol–water partition coefficient (Wildman–Crippen LogP) is 14.5. The normalized spacial score (nSPS) is 12.6. The van der Waals surface area contributed by atoms with E-state index < -0.39 is 6.10 Å². The second-order valence-corrected chi connectivity index (χ2v) is 14.8. The largest absolute Gasteiger partial charge is 0.457 e. The van der Waals surface area contributed by atoms with Crippen LogP contribution in [0.3, 0.4) is 0 Å². The second kappa shape index (κ2) is 43.8. The second-order valence-electron chi connectivity index (χ2n) is 14.8. The number of hydrogen-bond donors (Lipinski definition) is 1. The average Bonchev–Trinajstić information content (AvgIpc) is 3.12. The maximum Gasteiger partial charge on any atom is 0.306 e. The van der Waals surface area contributed by atoms with Crippen molar-refractivity contribution in [3.8, 4) is 0 Å². The lowest BCUT2D eigenvalue weighted by Gasteiger charge is -2.15. The molecule has 0 aliphatic rings. The zero-order valence-corrected chi connectivity index (χ0v) is 33.7. The molecule has 4 heteroatoms. The third kappa shape index (κ3) is 41.0. The number of esters is 1. The van der Waals surface area contributed by atoms with Crippen molar-refractivity contribution >= 4 is 5.97 Å². The number of ether oxygens (including phenoxy) is 2. The highest BCUT2D eigenvalue weighted by Gasteiger charge is 2.13. The topological polar surface area (TPSA) is 55.8 Å². The summed E-state index contributed by atoms with van der Waals surface area (Å²) in [4.78, 5) is 12.2. The molecule has 0 spiro atoms. The van der Waals surface area contributed by atoms with Gasteiger partial charge in [0.25, 0.3) is 0 Å². The molecule has 0 saturated heterocycles. The molecule has 0 fully saturated rings. The summed E-state index contributed by atoms with van der Waals surface area (Å²) in [5, 5.41) is 9.61. The minimum absolute atomic E-state index is 0.174. The maximum absolute atomic E-state index is 12.2. The minimum Gasteiger partial charge on any atom is -0.457 e. The molecule has 0 amide bonds. The Morgan fingerprint density at radius 1 is 0.480 bits per heavy atom. The van der Waals surface area contributed by atoms with Crippen LogP contribution in [0.1, 0.15) is 226 Å². The Morgan fingerprint density at radius 3 is 1.26 bits per heavy atom. The number of carbonyl (C=O) groups is 1. The predicted molar refractivity (Wildman–Crippen MR) is 219 cm³/mol. The molecular formula is C46H86O4. The number of carbonyl (C=O) groups excluding carboxylic acids is 1. The van der Waals surface area contributed by atoms with E-state index in [0.717, 1.165) is 25.7 Å². The van der Waals surface area contributed by atoms with Gasteiger partial charge in [0.15, 0.2) is 0 Å². The Kier molecular flexibility index (Phi) is 42.6. The molecular weight excluding hydrogens is 617 g/mol. The van der Waals surface area contributed by atoms with Crippen LogP contribution in [0.25, 0.3) is 0 Å². The van der Waals surface area contributed by atoms with Crippen molar-refractivity contribution in [1.29, 1.82) is 0 Å². The van der Waals surface area contributed by atoms with E-state index in [9.17, 15) is 9.90 Å². The zero-order valence-electron chi connectivity index (χ0n) is 33.7. The highest BCUT2D eigenvalue weighted by molar-refractivity contribution is 5.69. The van der Waals surface area contributed by atoms with E-state index in [-0.39, 0.29) is 12.6 Å². The van der Waals surface area contributed by atoms with Crippen molar-refractivity contribution in [3.05, 3.63) is 36.5 Å². The van der Waals surface area contributed by atoms with Crippen LogP contribution in [0, 0.1) is 0 Å². The van der Waals surface area contributed by atoms with Crippen molar-refractivity contribution in [1.82, 2.24) is 0 Å². The third-order valence-corrected chi connectivity index (χ3v) is 9.69. The molecule has 0 saturated carbocycles. The van der Waals surface area contributed by atoms with Crippen LogP contribution >= 0.6 is 0 Å². The summed E-state index contributed by atoms with van der Waals surface area (Å²) >= 11 is 0. The molecule has 0 radical (unpaired) electrons. The van der Waals surface area contributed by atoms with Gasteiger partial charge in [0.2, 0.25) is 0 Å². The van der Waals surface area contributed by atoms with Gasteiger partial charge in [-0.3, -0.25) is 4.79 Å². The van der Waals surface area contributed by atoms with Crippen LogP contribution in [0.15, 0.2) is 36.5 Å². The smallest absolute Gasteiger partial charge is 0.306 e. The van der Waals surface area contributed by atoms with E-state index in [4.69, 9.17) is 9.47 Å². The molecule has 1 atom stereocenters. The Morgan fingerprint density at radius 2 is 0.840 bits per heavy atom. The summed E-state index contributed by atoms with van der Waals surface area (Å²) in [6.07, 6.45) is 54.9. The summed E-state index contributed by atoms with van der Waals surface area (Å²) in [7, 11) is 0. The average molecular weight is 703 g/mol. The number of allylic oxidation sites excluding steroid dienone is 6. The van der Waals surface area contributed by atoms with Gasteiger partial charge in [-0.2, -0.15) is 0 Å². The standard InChI is InChI=1S/C46H86O4/c1-3-5-7-9-11-13-15-17-19-21-22-23-24-25-27-29-31-33-35-37-39-41-46(48)50-45(43-47)44-49-42-40-38-36-34-32-30-28-26-20-18-16-14-12-10-8-6-4-2/h15,17,20-22,26,45,47H,3-14,16,18-19,23-25,27-44H2,1-2H3/b17-15-,22-21-,26-20-. The molecule has 1 N–H and O–H groups in total. The monoisotopic (exact) mass is 703 g/mol. The van der Waals surface area contributed by atoms with Crippen molar-refractivity contribution < 1.29 is 19.4 Å². The lowest BCUT2D eigenvalue weighted by atomic mass is 10.1. The Bertz CT molecular complexity index is 742. The highest BCUT2D eigenvalue weighted by atomic mass is 16.6. The quantitative estimate of drug-likeness (QED) is 0.0391. The first-order valence-corrected chi connectivity index (χ1v) is 22.1. The van der Waals surface area contributed by atoms with E-state index in [0.29, 0.717) is 19.6 Å². The molecule has 0 aromatic carbocycles. The van der Waals surface area contributed by atoms with Crippen LogP contribution < -0.4 is 0 Å². The van der Waals surface area contributed by atoms with E-state index in [2.05, 4.69) is 50.3 Å². The number of rotatable bonds is 41. The molecule has 0 aromatic heterocycles. The first-order chi connectivity index (χ1) is 24.7. The molecule has 50 heavy (non-hydrogen) atoms. The Hall–Kier alpha value is -1.39. The fraction of sp³-hybridized carbons (Fsp3) is 0.848. The molecule has 0 bridgehead atoms. The number of unbranched alkanes of at least 4 members (excludes halogenated alkanes) is 27. The van der Waals surface area contributed by atoms with Crippen LogP contribution in [-0.4, -0.2) is 37.0 Å². The van der Waals surface area contributed by atoms with Gasteiger partial charge in [0.05, 0.1) is 13.2 Å². The van der Waals surface area contributed by atoms with Crippen LogP contribution in [0.5, 0.6) is 0 Å². The molecule has 0 aliphatic carbocycles. The third-order valence-electron chi connectivity index (χ3n) is 9.69. The zero-order chi connectivity index (χ0) is 36.3. The van der Waals surface area contributed by atoms with E-state index in [1.807, 2.05) is 0 Å². The molecule has 0 aliphatic heterocycles. The highest BCUT2D eigenvalue weighted by Crippen LogP contribution is 2.14. The van der Waals surface area contributed by atoms with E-state index in [1.165, 1.54) is 180 Å². The molecule has 0 heterocycles. The van der Waals surface area contributed by atoms with Gasteiger partial charge in [-0.05, 0) is 70.6 Å². The van der Waals surface area contributed by atoms with Gasteiger partial charge >= 0.3 is 5.97 Å². The maximum atomic E-state index is 12.2. The Labute approximate surface area is 312 Å². The summed E-state index contributed by atoms with van der Waals surface area (Å²) in [6.45, 7) is 5.34. The minimum atomic E-state index is -0.538. The van der Waals surface area contributed by atoms with E-state index >= 15 is 0 Å². The summed E-state index contributed by atoms with van der Waals surface area (Å²) in [5.41, 5.74) is 0. The van der Waals surface area contributed by atoms with Crippen LogP contribution in [0.4, 0.5) is 0 Å². The first kappa shape index (κ1) is 48.6. The van der Waals surface area contributed by atoms with Gasteiger partial charge in [-0.25, -0.2) is 0 Å². The number of hydrogen-bond acceptors (Lipinski definition) is 4. The van der Waals surface area contributed by atoms with Gasteiger partial charge < -0.3 is 14.6 Å². The van der Waals surface area contributed by atoms with Gasteiger partial charge in [0, 0.05) is 13.0 Å². The lowest BCUT2D eigenvalue weighted by Crippen LogP contribution is -2.27. The van der Waals surface area contributed by atoms with Crippen molar-refractivity contribution in [2.24, 2.45) is 0 Å². The van der Waals surface area contributed by atoms with E-state index in [1.54, 1.807) is 0 Å². The Balaban J connectivity index is 3.43. The van der Waals surface area contributed by atoms with Gasteiger partial charge in [0.1, 0.15) is 6.10 Å². The van der Waals surface area contributed by atoms with Gasteiger partial charge in [-0.1, -0.05) is 185 Å². The molecule has 0 aromatic rings. The SMILES string of the molecule is CCCCCCC/C=C\C/C=C\CCCCCCCCCCCC(=O)OC(CO)COCCCCCCCC/C=C\CCCCCCCCC. The number of aliphatic hydroxyl groups is 1. The summed E-state index contributed by atoms with van der Waals surface area (Å²) in [6, 6.07) is 0.